The summed E-state index contributed by atoms with van der Waals surface area (Å²) in [5, 5.41) is 19.4. The van der Waals surface area contributed by atoms with Gasteiger partial charge in [0, 0.05) is 0 Å². The van der Waals surface area contributed by atoms with Crippen LogP contribution in [0.25, 0.3) is 0 Å². The zero-order chi connectivity index (χ0) is 15.8. The number of rotatable bonds is 7. The van der Waals surface area contributed by atoms with Gasteiger partial charge in [-0.25, -0.2) is 4.79 Å². The number of benzene rings is 1. The number of amides is 2. The highest BCUT2D eigenvalue weighted by atomic mass is 32.1. The summed E-state index contributed by atoms with van der Waals surface area (Å²) < 4.78 is 5.47. The summed E-state index contributed by atoms with van der Waals surface area (Å²) in [4.78, 5) is 11.7. The number of nitrogens with one attached hydrogen (secondary N) is 2. The average molecular weight is 320 g/mol. The molecule has 0 unspecified atom stereocenters. The van der Waals surface area contributed by atoms with E-state index in [1.165, 1.54) is 11.3 Å². The lowest BCUT2D eigenvalue weighted by molar-refractivity contribution is 0.0598. The molecule has 0 saturated carbocycles. The maximum absolute atomic E-state index is 11.7. The van der Waals surface area contributed by atoms with Crippen molar-refractivity contribution in [3.63, 3.8) is 0 Å². The maximum Gasteiger partial charge on any atom is 0.315 e. The van der Waals surface area contributed by atoms with Crippen LogP contribution in [0.2, 0.25) is 0 Å². The van der Waals surface area contributed by atoms with Gasteiger partial charge in [-0.1, -0.05) is 18.2 Å². The van der Waals surface area contributed by atoms with Crippen molar-refractivity contribution in [3.05, 3.63) is 52.7 Å². The second-order valence-corrected chi connectivity index (χ2v) is 5.84. The third-order valence-electron chi connectivity index (χ3n) is 3.14. The fourth-order valence-electron chi connectivity index (χ4n) is 1.84. The average Bonchev–Trinajstić information content (AvgIpc) is 3.06. The van der Waals surface area contributed by atoms with E-state index < -0.39 is 5.60 Å². The molecule has 0 aliphatic rings. The first-order valence-corrected chi connectivity index (χ1v) is 7.97. The van der Waals surface area contributed by atoms with E-state index in [1.54, 1.807) is 6.92 Å². The van der Waals surface area contributed by atoms with E-state index in [4.69, 9.17) is 4.74 Å². The minimum absolute atomic E-state index is 0.148. The lowest BCUT2D eigenvalue weighted by Gasteiger charge is -2.22. The number of thiophene rings is 1. The molecule has 1 aromatic carbocycles. The number of aliphatic hydroxyl groups is 1. The molecule has 1 heterocycles. The lowest BCUT2D eigenvalue weighted by atomic mass is 9.99. The molecule has 2 rings (SSSR count). The molecule has 0 fully saturated rings. The van der Waals surface area contributed by atoms with Gasteiger partial charge in [0.15, 0.2) is 0 Å². The van der Waals surface area contributed by atoms with Gasteiger partial charge in [0.05, 0.1) is 13.1 Å². The zero-order valence-corrected chi connectivity index (χ0v) is 13.2. The summed E-state index contributed by atoms with van der Waals surface area (Å²) >= 11 is 1.51. The SMILES string of the molecule is C[C@@](O)(CNC(=O)NCCOc1ccccc1)c1ccsc1. The fraction of sp³-hybridized carbons (Fsp3) is 0.312. The van der Waals surface area contributed by atoms with Crippen LogP contribution in [-0.2, 0) is 5.60 Å². The topological polar surface area (TPSA) is 70.6 Å². The van der Waals surface area contributed by atoms with Crippen molar-refractivity contribution in [2.75, 3.05) is 19.7 Å². The van der Waals surface area contributed by atoms with Gasteiger partial charge < -0.3 is 20.5 Å². The second-order valence-electron chi connectivity index (χ2n) is 5.06. The zero-order valence-electron chi connectivity index (χ0n) is 12.4. The summed E-state index contributed by atoms with van der Waals surface area (Å²) in [6.07, 6.45) is 0. The number of hydrogen-bond donors (Lipinski definition) is 3. The highest BCUT2D eigenvalue weighted by molar-refractivity contribution is 7.08. The molecule has 0 saturated heterocycles. The predicted molar refractivity (Wildman–Crippen MR) is 87.2 cm³/mol. The van der Waals surface area contributed by atoms with Crippen LogP contribution in [0.3, 0.4) is 0 Å². The van der Waals surface area contributed by atoms with Gasteiger partial charge in [-0.05, 0) is 41.4 Å². The first kappa shape index (κ1) is 16.3. The van der Waals surface area contributed by atoms with E-state index in [0.717, 1.165) is 11.3 Å². The van der Waals surface area contributed by atoms with E-state index >= 15 is 0 Å². The molecule has 2 aromatic rings. The Labute approximate surface area is 133 Å². The van der Waals surface area contributed by atoms with Gasteiger partial charge in [-0.2, -0.15) is 11.3 Å². The van der Waals surface area contributed by atoms with Crippen LogP contribution in [-0.4, -0.2) is 30.8 Å². The monoisotopic (exact) mass is 320 g/mol. The minimum atomic E-state index is -1.07. The van der Waals surface area contributed by atoms with E-state index in [-0.39, 0.29) is 12.6 Å². The van der Waals surface area contributed by atoms with Crippen molar-refractivity contribution in [2.24, 2.45) is 0 Å². The van der Waals surface area contributed by atoms with Crippen LogP contribution in [0.4, 0.5) is 4.79 Å². The Morgan fingerprint density at radius 1 is 1.27 bits per heavy atom. The number of carbonyl (C=O) groups is 1. The molecule has 5 nitrogen and oxygen atoms in total. The van der Waals surface area contributed by atoms with Crippen LogP contribution in [0.5, 0.6) is 5.75 Å². The van der Waals surface area contributed by atoms with Crippen LogP contribution >= 0.6 is 11.3 Å². The molecule has 0 radical (unpaired) electrons. The van der Waals surface area contributed by atoms with Gasteiger partial charge >= 0.3 is 6.03 Å². The number of hydrogen-bond acceptors (Lipinski definition) is 4. The largest absolute Gasteiger partial charge is 0.492 e. The molecule has 1 aromatic heterocycles. The van der Waals surface area contributed by atoms with Crippen LogP contribution in [0, 0.1) is 0 Å². The van der Waals surface area contributed by atoms with E-state index in [2.05, 4.69) is 10.6 Å². The number of para-hydroxylation sites is 1. The Balaban J connectivity index is 1.64. The minimum Gasteiger partial charge on any atom is -0.492 e. The molecule has 6 heteroatoms. The molecule has 1 atom stereocenters. The summed E-state index contributed by atoms with van der Waals surface area (Å²) in [7, 11) is 0. The Morgan fingerprint density at radius 2 is 2.05 bits per heavy atom. The molecule has 22 heavy (non-hydrogen) atoms. The van der Waals surface area contributed by atoms with Crippen molar-refractivity contribution < 1.29 is 14.6 Å². The molecule has 0 spiro atoms. The molecule has 0 aliphatic heterocycles. The normalized spacial score (nSPS) is 13.2. The quantitative estimate of drug-likeness (QED) is 0.686. The van der Waals surface area contributed by atoms with Gasteiger partial charge in [0.1, 0.15) is 18.0 Å². The van der Waals surface area contributed by atoms with Crippen molar-refractivity contribution in [2.45, 2.75) is 12.5 Å². The lowest BCUT2D eigenvalue weighted by Crippen LogP contribution is -2.44. The van der Waals surface area contributed by atoms with Gasteiger partial charge in [0.25, 0.3) is 0 Å². The maximum atomic E-state index is 11.7. The first-order valence-electron chi connectivity index (χ1n) is 7.02. The van der Waals surface area contributed by atoms with Crippen molar-refractivity contribution >= 4 is 17.4 Å². The van der Waals surface area contributed by atoms with E-state index in [9.17, 15) is 9.90 Å². The van der Waals surface area contributed by atoms with Gasteiger partial charge in [-0.15, -0.1) is 0 Å². The number of ether oxygens (including phenoxy) is 1. The van der Waals surface area contributed by atoms with E-state index in [1.807, 2.05) is 47.2 Å². The third kappa shape index (κ3) is 5.05. The van der Waals surface area contributed by atoms with Crippen LogP contribution in [0.1, 0.15) is 12.5 Å². The van der Waals surface area contributed by atoms with Crippen molar-refractivity contribution in [1.82, 2.24) is 10.6 Å². The van der Waals surface area contributed by atoms with Gasteiger partial charge in [0.2, 0.25) is 0 Å². The molecule has 3 N–H and O–H groups in total. The van der Waals surface area contributed by atoms with Crippen LogP contribution < -0.4 is 15.4 Å². The molecule has 0 aliphatic carbocycles. The summed E-state index contributed by atoms with van der Waals surface area (Å²) in [5.41, 5.74) is -0.275. The third-order valence-corrected chi connectivity index (χ3v) is 3.82. The summed E-state index contributed by atoms with van der Waals surface area (Å²) in [6.45, 7) is 2.60. The van der Waals surface area contributed by atoms with Crippen molar-refractivity contribution in [3.8, 4) is 5.75 Å². The smallest absolute Gasteiger partial charge is 0.315 e. The van der Waals surface area contributed by atoms with Crippen LogP contribution in [0.15, 0.2) is 47.2 Å². The van der Waals surface area contributed by atoms with Crippen molar-refractivity contribution in [1.29, 1.82) is 0 Å². The fourth-order valence-corrected chi connectivity index (χ4v) is 2.62. The molecule has 2 amide bonds. The van der Waals surface area contributed by atoms with E-state index in [0.29, 0.717) is 13.2 Å². The summed E-state index contributed by atoms with van der Waals surface area (Å²) in [6, 6.07) is 10.9. The Bertz CT molecular complexity index is 570. The Kier molecular flexibility index (Phi) is 5.80. The number of carbonyl (C=O) groups excluding carboxylic acids is 1. The first-order chi connectivity index (χ1) is 10.6. The van der Waals surface area contributed by atoms with Gasteiger partial charge in [-0.3, -0.25) is 0 Å². The Hall–Kier alpha value is -2.05. The standard InChI is InChI=1S/C16H20N2O3S/c1-16(20,13-7-10-22-11-13)12-18-15(19)17-8-9-21-14-5-3-2-4-6-14/h2-7,10-11,20H,8-9,12H2,1H3,(H2,17,18,19)/t16-/m1/s1. The molecule has 0 bridgehead atoms. The second kappa shape index (κ2) is 7.82. The molecular weight excluding hydrogens is 300 g/mol. The number of urea groups is 1. The molecular formula is C16H20N2O3S. The predicted octanol–water partition coefficient (Wildman–Crippen LogP) is 2.33. The highest BCUT2D eigenvalue weighted by Gasteiger charge is 2.23. The Morgan fingerprint density at radius 3 is 2.73 bits per heavy atom. The molecule has 118 valence electrons. The summed E-state index contributed by atoms with van der Waals surface area (Å²) in [5.74, 6) is 0.769. The highest BCUT2D eigenvalue weighted by Crippen LogP contribution is 2.21.